The molecular formula is C22H29N3O2. The number of amides is 1. The fraction of sp³-hybridized carbons (Fsp3) is 0.455. The minimum Gasteiger partial charge on any atom is -0.481 e. The Morgan fingerprint density at radius 1 is 1.19 bits per heavy atom. The molecule has 144 valence electrons. The second-order valence-electron chi connectivity index (χ2n) is 7.03. The van der Waals surface area contributed by atoms with Crippen LogP contribution in [0.3, 0.4) is 0 Å². The summed E-state index contributed by atoms with van der Waals surface area (Å²) in [5.74, 6) is 0.848. The summed E-state index contributed by atoms with van der Waals surface area (Å²) < 4.78 is 5.42. The summed E-state index contributed by atoms with van der Waals surface area (Å²) in [6, 6.07) is 14.1. The van der Waals surface area contributed by atoms with Crippen molar-refractivity contribution in [3.05, 3.63) is 59.8 Å². The van der Waals surface area contributed by atoms with Crippen molar-refractivity contribution in [1.29, 1.82) is 0 Å². The molecule has 0 N–H and O–H groups in total. The van der Waals surface area contributed by atoms with Gasteiger partial charge in [-0.1, -0.05) is 31.2 Å². The van der Waals surface area contributed by atoms with Crippen molar-refractivity contribution in [2.75, 3.05) is 26.7 Å². The molecule has 1 amide bonds. The summed E-state index contributed by atoms with van der Waals surface area (Å²) in [6.07, 6.45) is 4.87. The van der Waals surface area contributed by atoms with Gasteiger partial charge in [-0.3, -0.25) is 9.69 Å². The fourth-order valence-corrected chi connectivity index (χ4v) is 3.82. The minimum absolute atomic E-state index is 0.144. The number of carbonyl (C=O) groups is 1. The van der Waals surface area contributed by atoms with Crippen molar-refractivity contribution in [2.24, 2.45) is 0 Å². The first-order chi connectivity index (χ1) is 13.2. The molecule has 5 nitrogen and oxygen atoms in total. The van der Waals surface area contributed by atoms with Crippen LogP contribution in [-0.2, 0) is 6.54 Å². The van der Waals surface area contributed by atoms with E-state index in [0.29, 0.717) is 11.9 Å². The number of hydrogen-bond donors (Lipinski definition) is 0. The maximum absolute atomic E-state index is 12.7. The summed E-state index contributed by atoms with van der Waals surface area (Å²) in [7, 11) is 1.67. The Kier molecular flexibility index (Phi) is 6.82. The third-order valence-electron chi connectivity index (χ3n) is 5.22. The maximum atomic E-state index is 12.7. The summed E-state index contributed by atoms with van der Waals surface area (Å²) in [6.45, 7) is 5.70. The van der Waals surface area contributed by atoms with Gasteiger partial charge in [0.1, 0.15) is 0 Å². The molecule has 0 atom stereocenters. The summed E-state index contributed by atoms with van der Waals surface area (Å²) in [4.78, 5) is 21.5. The minimum atomic E-state index is 0.144. The first-order valence-electron chi connectivity index (χ1n) is 9.79. The van der Waals surface area contributed by atoms with E-state index in [0.717, 1.165) is 56.6 Å². The summed E-state index contributed by atoms with van der Waals surface area (Å²) >= 11 is 0. The highest BCUT2D eigenvalue weighted by molar-refractivity contribution is 5.94. The molecule has 0 bridgehead atoms. The Bertz CT molecular complexity index is 727. The standard InChI is InChI=1S/C22H29N3O2/c1-3-14-25(17-19-10-7-13-23-21(19)27-2)20-11-15-24(16-12-20)22(26)18-8-5-4-6-9-18/h4-10,13,20H,3,11-12,14-17H2,1-2H3. The molecule has 1 aliphatic rings. The Morgan fingerprint density at radius 3 is 2.59 bits per heavy atom. The molecule has 2 aromatic rings. The van der Waals surface area contributed by atoms with Crippen LogP contribution in [0.25, 0.3) is 0 Å². The molecule has 5 heteroatoms. The van der Waals surface area contributed by atoms with Crippen LogP contribution in [0.15, 0.2) is 48.7 Å². The molecule has 1 aromatic carbocycles. The molecular weight excluding hydrogens is 338 g/mol. The van der Waals surface area contributed by atoms with Gasteiger partial charge in [0, 0.05) is 43.0 Å². The van der Waals surface area contributed by atoms with E-state index < -0.39 is 0 Å². The Morgan fingerprint density at radius 2 is 1.93 bits per heavy atom. The van der Waals surface area contributed by atoms with Gasteiger partial charge < -0.3 is 9.64 Å². The third-order valence-corrected chi connectivity index (χ3v) is 5.22. The van der Waals surface area contributed by atoms with Gasteiger partial charge in [-0.2, -0.15) is 0 Å². The highest BCUT2D eigenvalue weighted by Crippen LogP contribution is 2.23. The lowest BCUT2D eigenvalue weighted by molar-refractivity contribution is 0.0606. The van der Waals surface area contributed by atoms with Crippen LogP contribution in [0.4, 0.5) is 0 Å². The number of hydrogen-bond acceptors (Lipinski definition) is 4. The molecule has 1 fully saturated rings. The van der Waals surface area contributed by atoms with Gasteiger partial charge in [0.05, 0.1) is 7.11 Å². The van der Waals surface area contributed by atoms with Crippen molar-refractivity contribution in [1.82, 2.24) is 14.8 Å². The zero-order chi connectivity index (χ0) is 19.1. The van der Waals surface area contributed by atoms with E-state index in [1.807, 2.05) is 41.3 Å². The summed E-state index contributed by atoms with van der Waals surface area (Å²) in [5.41, 5.74) is 1.90. The second-order valence-corrected chi connectivity index (χ2v) is 7.03. The first-order valence-corrected chi connectivity index (χ1v) is 9.79. The lowest BCUT2D eigenvalue weighted by atomic mass is 10.0. The molecule has 0 aliphatic carbocycles. The zero-order valence-corrected chi connectivity index (χ0v) is 16.3. The highest BCUT2D eigenvalue weighted by atomic mass is 16.5. The van der Waals surface area contributed by atoms with E-state index in [2.05, 4.69) is 22.9 Å². The number of rotatable bonds is 7. The van der Waals surface area contributed by atoms with Crippen LogP contribution in [0.2, 0.25) is 0 Å². The first kappa shape index (κ1) is 19.4. The molecule has 27 heavy (non-hydrogen) atoms. The van der Waals surface area contributed by atoms with Gasteiger partial charge in [0.15, 0.2) is 0 Å². The SMILES string of the molecule is CCCN(Cc1cccnc1OC)C1CCN(C(=O)c2ccccc2)CC1. The number of ether oxygens (including phenoxy) is 1. The number of nitrogens with zero attached hydrogens (tertiary/aromatic N) is 3. The molecule has 0 spiro atoms. The number of benzene rings is 1. The van der Waals surface area contributed by atoms with Gasteiger partial charge in [-0.15, -0.1) is 0 Å². The van der Waals surface area contributed by atoms with Gasteiger partial charge in [-0.25, -0.2) is 4.98 Å². The number of carbonyl (C=O) groups excluding carboxylic acids is 1. The largest absolute Gasteiger partial charge is 0.481 e. The molecule has 3 rings (SSSR count). The van der Waals surface area contributed by atoms with Crippen molar-refractivity contribution >= 4 is 5.91 Å². The molecule has 0 unspecified atom stereocenters. The fourth-order valence-electron chi connectivity index (χ4n) is 3.82. The van der Waals surface area contributed by atoms with E-state index in [1.165, 1.54) is 0 Å². The lowest BCUT2D eigenvalue weighted by Crippen LogP contribution is -2.46. The molecule has 1 aliphatic heterocycles. The van der Waals surface area contributed by atoms with E-state index >= 15 is 0 Å². The molecule has 2 heterocycles. The van der Waals surface area contributed by atoms with Gasteiger partial charge in [0.2, 0.25) is 5.88 Å². The van der Waals surface area contributed by atoms with Crippen LogP contribution < -0.4 is 4.74 Å². The zero-order valence-electron chi connectivity index (χ0n) is 16.3. The summed E-state index contributed by atoms with van der Waals surface area (Å²) in [5, 5.41) is 0. The monoisotopic (exact) mass is 367 g/mol. The molecule has 0 saturated carbocycles. The number of likely N-dealkylation sites (tertiary alicyclic amines) is 1. The number of methoxy groups -OCH3 is 1. The molecule has 1 aromatic heterocycles. The van der Waals surface area contributed by atoms with E-state index in [-0.39, 0.29) is 5.91 Å². The van der Waals surface area contributed by atoms with Gasteiger partial charge in [0.25, 0.3) is 5.91 Å². The Balaban J connectivity index is 1.62. The van der Waals surface area contributed by atoms with Crippen LogP contribution in [0, 0.1) is 0 Å². The molecule has 1 saturated heterocycles. The Labute approximate surface area is 162 Å². The predicted octanol–water partition coefficient (Wildman–Crippen LogP) is 3.61. The number of aromatic nitrogens is 1. The van der Waals surface area contributed by atoms with Crippen LogP contribution in [0.5, 0.6) is 5.88 Å². The topological polar surface area (TPSA) is 45.7 Å². The van der Waals surface area contributed by atoms with Crippen LogP contribution >= 0.6 is 0 Å². The maximum Gasteiger partial charge on any atom is 0.253 e. The predicted molar refractivity (Wildman–Crippen MR) is 107 cm³/mol. The van der Waals surface area contributed by atoms with E-state index in [1.54, 1.807) is 13.3 Å². The second kappa shape index (κ2) is 9.51. The lowest BCUT2D eigenvalue weighted by Gasteiger charge is -2.38. The van der Waals surface area contributed by atoms with Crippen molar-refractivity contribution in [3.63, 3.8) is 0 Å². The quantitative estimate of drug-likeness (QED) is 0.750. The van der Waals surface area contributed by atoms with Crippen molar-refractivity contribution in [3.8, 4) is 5.88 Å². The van der Waals surface area contributed by atoms with Gasteiger partial charge >= 0.3 is 0 Å². The smallest absolute Gasteiger partial charge is 0.253 e. The normalized spacial score (nSPS) is 15.1. The Hall–Kier alpha value is -2.40. The number of piperidine rings is 1. The number of pyridine rings is 1. The van der Waals surface area contributed by atoms with Crippen molar-refractivity contribution in [2.45, 2.75) is 38.8 Å². The highest BCUT2D eigenvalue weighted by Gasteiger charge is 2.27. The van der Waals surface area contributed by atoms with Crippen LogP contribution in [-0.4, -0.2) is 53.5 Å². The third kappa shape index (κ3) is 4.86. The van der Waals surface area contributed by atoms with E-state index in [9.17, 15) is 4.79 Å². The average molecular weight is 367 g/mol. The van der Waals surface area contributed by atoms with Crippen LogP contribution in [0.1, 0.15) is 42.1 Å². The average Bonchev–Trinajstić information content (AvgIpc) is 2.74. The van der Waals surface area contributed by atoms with E-state index in [4.69, 9.17) is 4.74 Å². The van der Waals surface area contributed by atoms with Crippen molar-refractivity contribution < 1.29 is 9.53 Å². The van der Waals surface area contributed by atoms with Gasteiger partial charge in [-0.05, 0) is 44.0 Å². The molecule has 0 radical (unpaired) electrons.